The van der Waals surface area contributed by atoms with Crippen molar-refractivity contribution in [1.29, 1.82) is 0 Å². The molecule has 17 heavy (non-hydrogen) atoms. The lowest BCUT2D eigenvalue weighted by Gasteiger charge is -2.28. The molecule has 0 spiro atoms. The summed E-state index contributed by atoms with van der Waals surface area (Å²) >= 11 is 0. The maximum Gasteiger partial charge on any atom is 0.0594 e. The molecule has 0 aromatic rings. The molecule has 0 amide bonds. The van der Waals surface area contributed by atoms with Crippen LogP contribution in [-0.2, 0) is 4.74 Å². The fraction of sp³-hybridized carbons (Fsp3) is 1.00. The largest absolute Gasteiger partial charge is 0.393 e. The van der Waals surface area contributed by atoms with E-state index >= 15 is 0 Å². The molecule has 3 atom stereocenters. The maximum atomic E-state index is 9.88. The van der Waals surface area contributed by atoms with Crippen LogP contribution in [0.1, 0.15) is 12.8 Å². The Morgan fingerprint density at radius 2 is 1.76 bits per heavy atom. The summed E-state index contributed by atoms with van der Waals surface area (Å²) in [6.07, 6.45) is 2.25. The minimum absolute atomic E-state index is 0.0200. The number of aliphatic hydroxyl groups is 1. The Morgan fingerprint density at radius 3 is 2.53 bits per heavy atom. The summed E-state index contributed by atoms with van der Waals surface area (Å²) in [5, 5.41) is 9.88. The van der Waals surface area contributed by atoms with E-state index in [1.165, 1.54) is 26.1 Å². The number of likely N-dealkylation sites (tertiary alicyclic amines) is 1. The molecule has 2 heterocycles. The van der Waals surface area contributed by atoms with Crippen molar-refractivity contribution in [2.24, 2.45) is 11.8 Å². The average molecular weight is 240 g/mol. The van der Waals surface area contributed by atoms with E-state index in [0.29, 0.717) is 5.92 Å². The molecule has 0 radical (unpaired) electrons. The third-order valence-electron chi connectivity index (χ3n) is 4.73. The Labute approximate surface area is 104 Å². The third kappa shape index (κ3) is 2.65. The van der Waals surface area contributed by atoms with Crippen LogP contribution in [-0.4, -0.2) is 73.5 Å². The van der Waals surface area contributed by atoms with Crippen LogP contribution in [0.4, 0.5) is 0 Å². The number of morpholine rings is 1. The van der Waals surface area contributed by atoms with Gasteiger partial charge < -0.3 is 14.7 Å². The Morgan fingerprint density at radius 1 is 1.00 bits per heavy atom. The molecule has 4 nitrogen and oxygen atoms in total. The van der Waals surface area contributed by atoms with E-state index in [4.69, 9.17) is 4.74 Å². The number of hydrogen-bond donors (Lipinski definition) is 1. The van der Waals surface area contributed by atoms with Gasteiger partial charge in [0.1, 0.15) is 0 Å². The Bertz CT molecular complexity index is 256. The molecule has 0 aromatic carbocycles. The van der Waals surface area contributed by atoms with Crippen LogP contribution in [0.25, 0.3) is 0 Å². The third-order valence-corrected chi connectivity index (χ3v) is 4.73. The number of rotatable bonds is 3. The number of nitrogens with zero attached hydrogens (tertiary/aromatic N) is 2. The summed E-state index contributed by atoms with van der Waals surface area (Å²) in [6, 6.07) is 0. The van der Waals surface area contributed by atoms with Crippen molar-refractivity contribution in [1.82, 2.24) is 9.80 Å². The molecule has 4 heteroatoms. The number of hydrogen-bond acceptors (Lipinski definition) is 4. The minimum Gasteiger partial charge on any atom is -0.393 e. The first kappa shape index (κ1) is 11.9. The second kappa shape index (κ2) is 5.22. The Balaban J connectivity index is 1.41. The molecule has 1 saturated carbocycles. The fourth-order valence-corrected chi connectivity index (χ4v) is 3.62. The number of fused-ring (bicyclic) bond motifs is 1. The van der Waals surface area contributed by atoms with E-state index in [0.717, 1.165) is 45.2 Å². The highest BCUT2D eigenvalue weighted by molar-refractivity contribution is 4.93. The highest BCUT2D eigenvalue weighted by Gasteiger charge is 2.41. The predicted octanol–water partition coefficient (Wildman–Crippen LogP) is 0.0213. The van der Waals surface area contributed by atoms with Gasteiger partial charge in [0.25, 0.3) is 0 Å². The fourth-order valence-electron chi connectivity index (χ4n) is 3.62. The van der Waals surface area contributed by atoms with Crippen molar-refractivity contribution in [3.8, 4) is 0 Å². The summed E-state index contributed by atoms with van der Waals surface area (Å²) in [6.45, 7) is 8.63. The molecular weight excluding hydrogens is 216 g/mol. The predicted molar refractivity (Wildman–Crippen MR) is 65.9 cm³/mol. The van der Waals surface area contributed by atoms with Gasteiger partial charge in [-0.05, 0) is 18.8 Å². The van der Waals surface area contributed by atoms with Gasteiger partial charge in [-0.3, -0.25) is 4.90 Å². The summed E-state index contributed by atoms with van der Waals surface area (Å²) < 4.78 is 5.36. The highest BCUT2D eigenvalue weighted by atomic mass is 16.5. The van der Waals surface area contributed by atoms with Crippen LogP contribution in [0.15, 0.2) is 0 Å². The maximum absolute atomic E-state index is 9.88. The summed E-state index contributed by atoms with van der Waals surface area (Å²) in [5.41, 5.74) is 0. The van der Waals surface area contributed by atoms with Crippen LogP contribution in [0.3, 0.4) is 0 Å². The normalized spacial score (nSPS) is 39.7. The van der Waals surface area contributed by atoms with Gasteiger partial charge in [0.15, 0.2) is 0 Å². The smallest absolute Gasteiger partial charge is 0.0594 e. The lowest BCUT2D eigenvalue weighted by molar-refractivity contribution is 0.0336. The summed E-state index contributed by atoms with van der Waals surface area (Å²) in [7, 11) is 0. The van der Waals surface area contributed by atoms with Crippen molar-refractivity contribution in [2.45, 2.75) is 18.9 Å². The van der Waals surface area contributed by atoms with Gasteiger partial charge in [-0.25, -0.2) is 0 Å². The van der Waals surface area contributed by atoms with Crippen molar-refractivity contribution in [3.63, 3.8) is 0 Å². The van der Waals surface area contributed by atoms with Gasteiger partial charge in [-0.2, -0.15) is 0 Å². The van der Waals surface area contributed by atoms with Gasteiger partial charge in [-0.15, -0.1) is 0 Å². The molecule has 0 bridgehead atoms. The van der Waals surface area contributed by atoms with Crippen LogP contribution < -0.4 is 0 Å². The Hall–Kier alpha value is -0.160. The van der Waals surface area contributed by atoms with Gasteiger partial charge in [-0.1, -0.05) is 0 Å². The summed E-state index contributed by atoms with van der Waals surface area (Å²) in [5.74, 6) is 1.34. The van der Waals surface area contributed by atoms with Crippen molar-refractivity contribution >= 4 is 0 Å². The molecule has 1 aliphatic carbocycles. The number of aliphatic hydroxyl groups excluding tert-OH is 1. The SMILES string of the molecule is OC1CCC2CN(CCN3CCOCC3)CC12. The average Bonchev–Trinajstić information content (AvgIpc) is 2.91. The second-order valence-electron chi connectivity index (χ2n) is 5.78. The van der Waals surface area contributed by atoms with Gasteiger partial charge in [0.2, 0.25) is 0 Å². The molecule has 0 aromatic heterocycles. The lowest BCUT2D eigenvalue weighted by Crippen LogP contribution is -2.41. The second-order valence-corrected chi connectivity index (χ2v) is 5.78. The standard InChI is InChI=1S/C13H24N2O2/c16-13-2-1-11-9-15(10-12(11)13)4-3-14-5-7-17-8-6-14/h11-13,16H,1-10H2. The van der Waals surface area contributed by atoms with Crippen molar-refractivity contribution in [3.05, 3.63) is 0 Å². The van der Waals surface area contributed by atoms with Crippen molar-refractivity contribution < 1.29 is 9.84 Å². The molecule has 3 unspecified atom stereocenters. The highest BCUT2D eigenvalue weighted by Crippen LogP contribution is 2.37. The van der Waals surface area contributed by atoms with E-state index in [1.54, 1.807) is 0 Å². The first-order chi connectivity index (χ1) is 8.33. The van der Waals surface area contributed by atoms with Crippen LogP contribution in [0.5, 0.6) is 0 Å². The Kier molecular flexibility index (Phi) is 3.66. The zero-order valence-electron chi connectivity index (χ0n) is 10.6. The van der Waals surface area contributed by atoms with Gasteiger partial charge in [0, 0.05) is 45.2 Å². The first-order valence-corrected chi connectivity index (χ1v) is 7.03. The lowest BCUT2D eigenvalue weighted by atomic mass is 10.00. The quantitative estimate of drug-likeness (QED) is 0.754. The zero-order chi connectivity index (χ0) is 11.7. The molecule has 3 aliphatic rings. The number of ether oxygens (including phenoxy) is 1. The van der Waals surface area contributed by atoms with E-state index in [2.05, 4.69) is 9.80 Å². The first-order valence-electron chi connectivity index (χ1n) is 7.03. The van der Waals surface area contributed by atoms with E-state index < -0.39 is 0 Å². The molecule has 2 aliphatic heterocycles. The molecule has 1 N–H and O–H groups in total. The monoisotopic (exact) mass is 240 g/mol. The van der Waals surface area contributed by atoms with E-state index in [-0.39, 0.29) is 6.10 Å². The zero-order valence-corrected chi connectivity index (χ0v) is 10.6. The van der Waals surface area contributed by atoms with Crippen LogP contribution >= 0.6 is 0 Å². The molecule has 3 fully saturated rings. The van der Waals surface area contributed by atoms with Crippen LogP contribution in [0, 0.1) is 11.8 Å². The van der Waals surface area contributed by atoms with E-state index in [1.807, 2.05) is 0 Å². The molecule has 3 rings (SSSR count). The molecule has 98 valence electrons. The van der Waals surface area contributed by atoms with E-state index in [9.17, 15) is 5.11 Å². The van der Waals surface area contributed by atoms with Crippen molar-refractivity contribution in [2.75, 3.05) is 52.5 Å². The molecular formula is C13H24N2O2. The molecule has 2 saturated heterocycles. The van der Waals surface area contributed by atoms with Crippen LogP contribution in [0.2, 0.25) is 0 Å². The van der Waals surface area contributed by atoms with Gasteiger partial charge >= 0.3 is 0 Å². The van der Waals surface area contributed by atoms with Gasteiger partial charge in [0.05, 0.1) is 19.3 Å². The topological polar surface area (TPSA) is 35.9 Å². The summed E-state index contributed by atoms with van der Waals surface area (Å²) in [4.78, 5) is 5.04. The minimum atomic E-state index is -0.0200.